The number of ether oxygens (including phenoxy) is 1. The summed E-state index contributed by atoms with van der Waals surface area (Å²) in [5.41, 5.74) is -0.842. The maximum Gasteiger partial charge on any atom is 0.311 e. The highest BCUT2D eigenvalue weighted by molar-refractivity contribution is 5.80. The third-order valence-corrected chi connectivity index (χ3v) is 3.82. The van der Waals surface area contributed by atoms with Gasteiger partial charge in [-0.25, -0.2) is 4.39 Å². The van der Waals surface area contributed by atoms with Crippen molar-refractivity contribution in [1.29, 1.82) is 0 Å². The smallest absolute Gasteiger partial charge is 0.311 e. The van der Waals surface area contributed by atoms with E-state index in [2.05, 4.69) is 5.32 Å². The van der Waals surface area contributed by atoms with Crippen molar-refractivity contribution < 1.29 is 23.8 Å². The topological polar surface area (TPSA) is 75.6 Å². The first-order valence-corrected chi connectivity index (χ1v) is 6.90. The number of benzene rings is 1. The van der Waals surface area contributed by atoms with Crippen molar-refractivity contribution in [3.05, 3.63) is 30.1 Å². The summed E-state index contributed by atoms with van der Waals surface area (Å²) in [7, 11) is 0. The Kier molecular flexibility index (Phi) is 4.77. The minimum Gasteiger partial charge on any atom is -0.484 e. The molecule has 1 aromatic rings. The van der Waals surface area contributed by atoms with Crippen LogP contribution in [0.25, 0.3) is 0 Å². The summed E-state index contributed by atoms with van der Waals surface area (Å²) in [4.78, 5) is 23.0. The Bertz CT molecular complexity index is 509. The summed E-state index contributed by atoms with van der Waals surface area (Å²) in [5.74, 6) is -1.23. The molecule has 0 spiro atoms. The molecule has 1 amide bonds. The lowest BCUT2D eigenvalue weighted by Gasteiger charge is -2.23. The minimum atomic E-state index is -0.861. The van der Waals surface area contributed by atoms with Gasteiger partial charge in [0.05, 0.1) is 5.41 Å². The predicted molar refractivity (Wildman–Crippen MR) is 73.4 cm³/mol. The van der Waals surface area contributed by atoms with Gasteiger partial charge >= 0.3 is 5.97 Å². The van der Waals surface area contributed by atoms with Crippen LogP contribution in [0.1, 0.15) is 25.7 Å². The number of carboxylic acids is 1. The maximum absolute atomic E-state index is 12.7. The van der Waals surface area contributed by atoms with E-state index in [9.17, 15) is 19.1 Å². The average molecular weight is 295 g/mol. The van der Waals surface area contributed by atoms with Crippen molar-refractivity contribution in [2.45, 2.75) is 25.7 Å². The summed E-state index contributed by atoms with van der Waals surface area (Å²) in [6.45, 7) is -0.102. The van der Waals surface area contributed by atoms with Crippen LogP contribution in [-0.2, 0) is 9.59 Å². The van der Waals surface area contributed by atoms with Gasteiger partial charge < -0.3 is 15.2 Å². The molecule has 1 fully saturated rings. The summed E-state index contributed by atoms with van der Waals surface area (Å²) in [5, 5.41) is 11.9. The largest absolute Gasteiger partial charge is 0.484 e. The van der Waals surface area contributed by atoms with Gasteiger partial charge in [0.15, 0.2) is 6.61 Å². The van der Waals surface area contributed by atoms with Gasteiger partial charge in [-0.1, -0.05) is 12.8 Å². The molecule has 114 valence electrons. The lowest BCUT2D eigenvalue weighted by atomic mass is 9.86. The molecule has 0 radical (unpaired) electrons. The van der Waals surface area contributed by atoms with Crippen molar-refractivity contribution in [2.24, 2.45) is 5.41 Å². The lowest BCUT2D eigenvalue weighted by molar-refractivity contribution is -0.148. The highest BCUT2D eigenvalue weighted by atomic mass is 19.1. The van der Waals surface area contributed by atoms with Crippen molar-refractivity contribution >= 4 is 11.9 Å². The molecule has 2 rings (SSSR count). The first-order chi connectivity index (χ1) is 10.0. The lowest BCUT2D eigenvalue weighted by Crippen LogP contribution is -2.42. The van der Waals surface area contributed by atoms with E-state index in [1.54, 1.807) is 0 Å². The number of carboxylic acid groups (broad SMARTS) is 1. The molecule has 0 heterocycles. The molecule has 5 nitrogen and oxygen atoms in total. The number of carbonyl (C=O) groups is 2. The zero-order valence-corrected chi connectivity index (χ0v) is 11.6. The summed E-state index contributed by atoms with van der Waals surface area (Å²) in [6.07, 6.45) is 2.91. The number of hydrogen-bond donors (Lipinski definition) is 2. The van der Waals surface area contributed by atoms with Crippen LogP contribution in [0.2, 0.25) is 0 Å². The number of carbonyl (C=O) groups excluding carboxylic acids is 1. The number of nitrogens with one attached hydrogen (secondary N) is 1. The minimum absolute atomic E-state index is 0.119. The molecule has 0 saturated heterocycles. The van der Waals surface area contributed by atoms with Crippen LogP contribution in [0.4, 0.5) is 4.39 Å². The van der Waals surface area contributed by atoms with E-state index in [-0.39, 0.29) is 24.9 Å². The van der Waals surface area contributed by atoms with E-state index in [4.69, 9.17) is 4.74 Å². The van der Waals surface area contributed by atoms with Crippen molar-refractivity contribution in [3.8, 4) is 5.75 Å². The summed E-state index contributed by atoms with van der Waals surface area (Å²) in [6, 6.07) is 5.34. The fourth-order valence-corrected chi connectivity index (χ4v) is 2.52. The molecule has 6 heteroatoms. The molecule has 1 aromatic carbocycles. The zero-order chi connectivity index (χ0) is 15.3. The second-order valence-electron chi connectivity index (χ2n) is 5.31. The van der Waals surface area contributed by atoms with E-state index in [1.165, 1.54) is 24.3 Å². The van der Waals surface area contributed by atoms with E-state index < -0.39 is 11.4 Å². The second-order valence-corrected chi connectivity index (χ2v) is 5.31. The van der Waals surface area contributed by atoms with Gasteiger partial charge in [0.25, 0.3) is 5.91 Å². The van der Waals surface area contributed by atoms with Gasteiger partial charge in [-0.05, 0) is 37.1 Å². The van der Waals surface area contributed by atoms with Crippen molar-refractivity contribution in [3.63, 3.8) is 0 Å². The molecule has 0 aromatic heterocycles. The summed E-state index contributed by atoms with van der Waals surface area (Å²) >= 11 is 0. The number of halogens is 1. The second kappa shape index (κ2) is 6.56. The number of hydrogen-bond acceptors (Lipinski definition) is 3. The van der Waals surface area contributed by atoms with Crippen LogP contribution < -0.4 is 10.1 Å². The monoisotopic (exact) mass is 295 g/mol. The van der Waals surface area contributed by atoms with Crippen LogP contribution in [-0.4, -0.2) is 30.1 Å². The fourth-order valence-electron chi connectivity index (χ4n) is 2.52. The molecular formula is C15H18FNO4. The highest BCUT2D eigenvalue weighted by Crippen LogP contribution is 2.37. The Balaban J connectivity index is 1.79. The Morgan fingerprint density at radius 2 is 1.86 bits per heavy atom. The molecule has 1 saturated carbocycles. The number of amides is 1. The Morgan fingerprint density at radius 1 is 1.24 bits per heavy atom. The predicted octanol–water partition coefficient (Wildman–Crippen LogP) is 1.97. The third-order valence-electron chi connectivity index (χ3n) is 3.82. The van der Waals surface area contributed by atoms with Gasteiger partial charge in [-0.2, -0.15) is 0 Å². The van der Waals surface area contributed by atoms with Crippen molar-refractivity contribution in [2.75, 3.05) is 13.2 Å². The highest BCUT2D eigenvalue weighted by Gasteiger charge is 2.41. The quantitative estimate of drug-likeness (QED) is 0.841. The van der Waals surface area contributed by atoms with Gasteiger partial charge in [-0.15, -0.1) is 0 Å². The number of aliphatic carboxylic acids is 1. The van der Waals surface area contributed by atoms with Gasteiger partial charge in [0, 0.05) is 6.54 Å². The van der Waals surface area contributed by atoms with Gasteiger partial charge in [0.1, 0.15) is 11.6 Å². The van der Waals surface area contributed by atoms with Crippen LogP contribution in [0.5, 0.6) is 5.75 Å². The van der Waals surface area contributed by atoms with Gasteiger partial charge in [0.2, 0.25) is 0 Å². The molecule has 0 bridgehead atoms. The molecule has 1 aliphatic carbocycles. The van der Waals surface area contributed by atoms with E-state index >= 15 is 0 Å². The number of rotatable bonds is 6. The first-order valence-electron chi connectivity index (χ1n) is 6.90. The van der Waals surface area contributed by atoms with Gasteiger partial charge in [-0.3, -0.25) is 9.59 Å². The Labute approximate surface area is 122 Å². The third kappa shape index (κ3) is 3.93. The van der Waals surface area contributed by atoms with Crippen LogP contribution in [0.15, 0.2) is 24.3 Å². The van der Waals surface area contributed by atoms with Crippen LogP contribution in [0, 0.1) is 11.2 Å². The van der Waals surface area contributed by atoms with Crippen molar-refractivity contribution in [1.82, 2.24) is 5.32 Å². The van der Waals surface area contributed by atoms with Crippen LogP contribution in [0.3, 0.4) is 0 Å². The molecule has 21 heavy (non-hydrogen) atoms. The average Bonchev–Trinajstić information content (AvgIpc) is 2.95. The standard InChI is InChI=1S/C15H18FNO4/c16-11-3-5-12(6-4-11)21-9-13(18)17-10-15(14(19)20)7-1-2-8-15/h3-6H,1-2,7-10H2,(H,17,18)(H,19,20). The van der Waals surface area contributed by atoms with Crippen LogP contribution >= 0.6 is 0 Å². The fraction of sp³-hybridized carbons (Fsp3) is 0.467. The SMILES string of the molecule is O=C(COc1ccc(F)cc1)NCC1(C(=O)O)CCCC1. The maximum atomic E-state index is 12.7. The molecule has 0 aliphatic heterocycles. The Morgan fingerprint density at radius 3 is 2.43 bits per heavy atom. The summed E-state index contributed by atoms with van der Waals surface area (Å²) < 4.78 is 17.9. The molecule has 1 aliphatic rings. The molecule has 2 N–H and O–H groups in total. The molecule has 0 unspecified atom stereocenters. The first kappa shape index (κ1) is 15.3. The molecule has 0 atom stereocenters. The molecular weight excluding hydrogens is 277 g/mol. The van der Waals surface area contributed by atoms with E-state index in [0.29, 0.717) is 18.6 Å². The zero-order valence-electron chi connectivity index (χ0n) is 11.6. The normalized spacial score (nSPS) is 16.4. The van der Waals surface area contributed by atoms with E-state index in [0.717, 1.165) is 12.8 Å². The Hall–Kier alpha value is -2.11. The van der Waals surface area contributed by atoms with E-state index in [1.807, 2.05) is 0 Å².